The van der Waals surface area contributed by atoms with Crippen LogP contribution < -0.4 is 5.32 Å². The zero-order chi connectivity index (χ0) is 15.4. The Morgan fingerprint density at radius 1 is 1.33 bits per heavy atom. The predicted molar refractivity (Wildman–Crippen MR) is 72.9 cm³/mol. The van der Waals surface area contributed by atoms with Crippen LogP contribution in [-0.2, 0) is 6.42 Å². The average Bonchev–Trinajstić information content (AvgIpc) is 2.94. The summed E-state index contributed by atoms with van der Waals surface area (Å²) < 4.78 is 31.5. The lowest BCUT2D eigenvalue weighted by Gasteiger charge is -2.22. The molecule has 114 valence electrons. The topological polar surface area (TPSA) is 65.6 Å². The number of furan rings is 1. The minimum absolute atomic E-state index is 0.109. The van der Waals surface area contributed by atoms with Crippen LogP contribution in [-0.4, -0.2) is 22.9 Å². The van der Waals surface area contributed by atoms with Gasteiger partial charge in [-0.3, -0.25) is 0 Å². The number of aliphatic hydroxyl groups excluding tert-OH is 1. The molecule has 0 saturated carbocycles. The standard InChI is InChI=1S/C15H17F2NO3/c1-9(13-5-11(16)6-14(17)15(13)20)18-12(7-19)4-10-2-3-21-8-10/h2-3,5-6,8-9,12,18-20H,4,7H2,1H3. The van der Waals surface area contributed by atoms with Gasteiger partial charge in [-0.1, -0.05) is 0 Å². The quantitative estimate of drug-likeness (QED) is 0.766. The maximum Gasteiger partial charge on any atom is 0.168 e. The molecule has 0 amide bonds. The molecule has 1 heterocycles. The highest BCUT2D eigenvalue weighted by Crippen LogP contribution is 2.28. The van der Waals surface area contributed by atoms with E-state index in [1.165, 1.54) is 6.26 Å². The number of phenols is 1. The molecule has 2 atom stereocenters. The summed E-state index contributed by atoms with van der Waals surface area (Å²) in [6, 6.07) is 2.61. The summed E-state index contributed by atoms with van der Waals surface area (Å²) in [7, 11) is 0. The highest BCUT2D eigenvalue weighted by Gasteiger charge is 2.19. The third-order valence-corrected chi connectivity index (χ3v) is 3.29. The van der Waals surface area contributed by atoms with Crippen molar-refractivity contribution in [3.8, 4) is 5.75 Å². The van der Waals surface area contributed by atoms with Gasteiger partial charge in [-0.05, 0) is 31.0 Å². The van der Waals surface area contributed by atoms with E-state index in [4.69, 9.17) is 4.42 Å². The first-order valence-electron chi connectivity index (χ1n) is 6.57. The fraction of sp³-hybridized carbons (Fsp3) is 0.333. The lowest BCUT2D eigenvalue weighted by Crippen LogP contribution is -2.36. The fourth-order valence-electron chi connectivity index (χ4n) is 2.23. The lowest BCUT2D eigenvalue weighted by atomic mass is 10.0. The Morgan fingerprint density at radius 3 is 2.71 bits per heavy atom. The first-order valence-corrected chi connectivity index (χ1v) is 6.57. The van der Waals surface area contributed by atoms with E-state index in [1.807, 2.05) is 0 Å². The number of hydrogen-bond donors (Lipinski definition) is 3. The van der Waals surface area contributed by atoms with Crippen LogP contribution in [0.25, 0.3) is 0 Å². The average molecular weight is 297 g/mol. The summed E-state index contributed by atoms with van der Waals surface area (Å²) >= 11 is 0. The molecule has 1 aromatic carbocycles. The Balaban J connectivity index is 2.10. The van der Waals surface area contributed by atoms with Crippen LogP contribution in [0.2, 0.25) is 0 Å². The molecule has 0 radical (unpaired) electrons. The minimum Gasteiger partial charge on any atom is -0.505 e. The SMILES string of the molecule is CC(NC(CO)Cc1ccoc1)c1cc(F)cc(F)c1O. The Morgan fingerprint density at radius 2 is 2.10 bits per heavy atom. The van der Waals surface area contributed by atoms with Crippen molar-refractivity contribution in [3.63, 3.8) is 0 Å². The monoisotopic (exact) mass is 297 g/mol. The molecule has 4 nitrogen and oxygen atoms in total. The van der Waals surface area contributed by atoms with Crippen molar-refractivity contribution in [2.75, 3.05) is 6.61 Å². The van der Waals surface area contributed by atoms with Gasteiger partial charge in [-0.25, -0.2) is 8.78 Å². The first kappa shape index (κ1) is 15.5. The van der Waals surface area contributed by atoms with Crippen LogP contribution in [0.5, 0.6) is 5.75 Å². The van der Waals surface area contributed by atoms with Crippen LogP contribution in [0.3, 0.4) is 0 Å². The molecule has 0 aliphatic heterocycles. The Hall–Kier alpha value is -1.92. The number of phenolic OH excluding ortho intramolecular Hbond substituents is 1. The van der Waals surface area contributed by atoms with E-state index >= 15 is 0 Å². The first-order chi connectivity index (χ1) is 10.0. The highest BCUT2D eigenvalue weighted by molar-refractivity contribution is 5.36. The number of halogens is 2. The summed E-state index contributed by atoms with van der Waals surface area (Å²) in [5.41, 5.74) is 1.00. The normalized spacial score (nSPS) is 14.1. The molecule has 2 unspecified atom stereocenters. The second kappa shape index (κ2) is 6.69. The van der Waals surface area contributed by atoms with Crippen molar-refractivity contribution in [3.05, 3.63) is 53.5 Å². The van der Waals surface area contributed by atoms with Crippen molar-refractivity contribution in [2.24, 2.45) is 0 Å². The molecular weight excluding hydrogens is 280 g/mol. The molecule has 0 fully saturated rings. The van der Waals surface area contributed by atoms with Gasteiger partial charge in [-0.2, -0.15) is 0 Å². The van der Waals surface area contributed by atoms with Crippen molar-refractivity contribution in [2.45, 2.75) is 25.4 Å². The van der Waals surface area contributed by atoms with Gasteiger partial charge in [0.05, 0.1) is 19.1 Å². The fourth-order valence-corrected chi connectivity index (χ4v) is 2.23. The van der Waals surface area contributed by atoms with Gasteiger partial charge < -0.3 is 19.9 Å². The second-order valence-corrected chi connectivity index (χ2v) is 4.93. The van der Waals surface area contributed by atoms with E-state index in [0.717, 1.165) is 11.6 Å². The number of nitrogens with one attached hydrogen (secondary N) is 1. The van der Waals surface area contributed by atoms with Gasteiger partial charge >= 0.3 is 0 Å². The molecule has 3 N–H and O–H groups in total. The van der Waals surface area contributed by atoms with Gasteiger partial charge in [0.15, 0.2) is 11.6 Å². The van der Waals surface area contributed by atoms with Crippen LogP contribution >= 0.6 is 0 Å². The maximum atomic E-state index is 13.3. The van der Waals surface area contributed by atoms with Gasteiger partial charge in [0.1, 0.15) is 5.82 Å². The van der Waals surface area contributed by atoms with Gasteiger partial charge in [0, 0.05) is 23.7 Å². The van der Waals surface area contributed by atoms with Crippen LogP contribution in [0, 0.1) is 11.6 Å². The summed E-state index contributed by atoms with van der Waals surface area (Å²) in [5, 5.41) is 22.1. The van der Waals surface area contributed by atoms with Crippen LogP contribution in [0.15, 0.2) is 35.1 Å². The molecular formula is C15H17F2NO3. The van der Waals surface area contributed by atoms with Gasteiger partial charge in [0.25, 0.3) is 0 Å². The summed E-state index contributed by atoms with van der Waals surface area (Å²) in [4.78, 5) is 0. The number of rotatable bonds is 6. The number of hydrogen-bond acceptors (Lipinski definition) is 4. The molecule has 2 aromatic rings. The largest absolute Gasteiger partial charge is 0.505 e. The van der Waals surface area contributed by atoms with E-state index < -0.39 is 23.4 Å². The molecule has 0 saturated heterocycles. The second-order valence-electron chi connectivity index (χ2n) is 4.93. The van der Waals surface area contributed by atoms with E-state index in [9.17, 15) is 19.0 Å². The van der Waals surface area contributed by atoms with Crippen molar-refractivity contribution >= 4 is 0 Å². The number of benzene rings is 1. The minimum atomic E-state index is -1.01. The summed E-state index contributed by atoms with van der Waals surface area (Å²) in [6.45, 7) is 1.50. The van der Waals surface area contributed by atoms with Crippen molar-refractivity contribution in [1.29, 1.82) is 0 Å². The summed E-state index contributed by atoms with van der Waals surface area (Å²) in [6.07, 6.45) is 3.59. The third-order valence-electron chi connectivity index (χ3n) is 3.29. The molecule has 0 spiro atoms. The smallest absolute Gasteiger partial charge is 0.168 e. The Labute approximate surface area is 121 Å². The molecule has 0 bridgehead atoms. The van der Waals surface area contributed by atoms with Crippen molar-refractivity contribution < 1.29 is 23.4 Å². The zero-order valence-corrected chi connectivity index (χ0v) is 11.5. The van der Waals surface area contributed by atoms with E-state index in [0.29, 0.717) is 12.5 Å². The highest BCUT2D eigenvalue weighted by atomic mass is 19.1. The van der Waals surface area contributed by atoms with Crippen LogP contribution in [0.1, 0.15) is 24.1 Å². The van der Waals surface area contributed by atoms with Gasteiger partial charge in [-0.15, -0.1) is 0 Å². The van der Waals surface area contributed by atoms with E-state index in [-0.39, 0.29) is 18.2 Å². The molecule has 1 aromatic heterocycles. The van der Waals surface area contributed by atoms with Gasteiger partial charge in [0.2, 0.25) is 0 Å². The van der Waals surface area contributed by atoms with E-state index in [2.05, 4.69) is 5.32 Å². The number of aromatic hydroxyl groups is 1. The molecule has 21 heavy (non-hydrogen) atoms. The molecule has 2 rings (SSSR count). The molecule has 6 heteroatoms. The Kier molecular flexibility index (Phi) is 4.93. The Bertz CT molecular complexity index is 587. The van der Waals surface area contributed by atoms with Crippen LogP contribution in [0.4, 0.5) is 8.78 Å². The molecule has 0 aliphatic carbocycles. The zero-order valence-electron chi connectivity index (χ0n) is 11.5. The van der Waals surface area contributed by atoms with Crippen molar-refractivity contribution in [1.82, 2.24) is 5.32 Å². The third kappa shape index (κ3) is 3.80. The predicted octanol–water partition coefficient (Wildman–Crippen LogP) is 2.52. The van der Waals surface area contributed by atoms with E-state index in [1.54, 1.807) is 19.3 Å². The summed E-state index contributed by atoms with van der Waals surface area (Å²) in [5.74, 6) is -2.35. The number of aliphatic hydroxyl groups is 1. The molecule has 0 aliphatic rings. The maximum absolute atomic E-state index is 13.3. The lowest BCUT2D eigenvalue weighted by molar-refractivity contribution is 0.231.